The summed E-state index contributed by atoms with van der Waals surface area (Å²) in [4.78, 5) is 24.0. The van der Waals surface area contributed by atoms with Gasteiger partial charge in [0.25, 0.3) is 0 Å². The Morgan fingerprint density at radius 2 is 1.91 bits per heavy atom. The summed E-state index contributed by atoms with van der Waals surface area (Å²) >= 11 is 6.31. The van der Waals surface area contributed by atoms with Crippen molar-refractivity contribution in [3.05, 3.63) is 70.9 Å². The Kier molecular flexibility index (Phi) is 6.98. The number of fused-ring (bicyclic) bond motifs is 3. The standard InChI is InChI=1S/C25H21ClN2O6/c1-3-32-21-11-15(10-19(26)24(21)33-14-23(29)31-2)13-27-28-25(30)22-12-18-17-7-5-4-6-16(17)8-9-20(18)34-22/h4-13H,3,14H2,1-2H3,(H,28,30)/b27-13-. The molecule has 0 bridgehead atoms. The lowest BCUT2D eigenvalue weighted by atomic mass is 10.1. The second-order valence-electron chi connectivity index (χ2n) is 7.14. The minimum absolute atomic E-state index is 0.142. The molecule has 1 heterocycles. The summed E-state index contributed by atoms with van der Waals surface area (Å²) in [6.07, 6.45) is 1.41. The van der Waals surface area contributed by atoms with E-state index in [4.69, 9.17) is 25.5 Å². The number of hydrogen-bond donors (Lipinski definition) is 1. The highest BCUT2D eigenvalue weighted by Gasteiger charge is 2.15. The van der Waals surface area contributed by atoms with Crippen LogP contribution in [0.25, 0.3) is 21.7 Å². The molecule has 4 rings (SSSR count). The van der Waals surface area contributed by atoms with Gasteiger partial charge >= 0.3 is 11.9 Å². The Balaban J connectivity index is 1.50. The van der Waals surface area contributed by atoms with Crippen LogP contribution in [-0.2, 0) is 9.53 Å². The number of benzene rings is 3. The summed E-state index contributed by atoms with van der Waals surface area (Å²) in [5, 5.41) is 7.12. The summed E-state index contributed by atoms with van der Waals surface area (Å²) in [6, 6.07) is 16.5. The minimum atomic E-state index is -0.551. The van der Waals surface area contributed by atoms with Crippen molar-refractivity contribution in [2.45, 2.75) is 6.92 Å². The largest absolute Gasteiger partial charge is 0.490 e. The van der Waals surface area contributed by atoms with Gasteiger partial charge in [-0.2, -0.15) is 5.10 Å². The molecule has 1 aromatic heterocycles. The first kappa shape index (κ1) is 23.1. The van der Waals surface area contributed by atoms with E-state index < -0.39 is 11.9 Å². The van der Waals surface area contributed by atoms with Crippen molar-refractivity contribution >= 4 is 51.4 Å². The lowest BCUT2D eigenvalue weighted by molar-refractivity contribution is -0.142. The number of nitrogens with one attached hydrogen (secondary N) is 1. The number of furan rings is 1. The molecule has 0 aliphatic rings. The summed E-state index contributed by atoms with van der Waals surface area (Å²) in [5.74, 6) is -0.361. The molecule has 0 fully saturated rings. The molecule has 174 valence electrons. The number of nitrogens with zero attached hydrogens (tertiary/aromatic N) is 1. The van der Waals surface area contributed by atoms with Gasteiger partial charge in [0.05, 0.1) is 25.0 Å². The number of halogens is 1. The van der Waals surface area contributed by atoms with Crippen LogP contribution in [-0.4, -0.2) is 38.4 Å². The van der Waals surface area contributed by atoms with Gasteiger partial charge in [-0.1, -0.05) is 41.9 Å². The van der Waals surface area contributed by atoms with Gasteiger partial charge < -0.3 is 18.6 Å². The first-order valence-electron chi connectivity index (χ1n) is 10.4. The summed E-state index contributed by atoms with van der Waals surface area (Å²) in [7, 11) is 1.26. The molecular formula is C25H21ClN2O6. The van der Waals surface area contributed by atoms with Crippen molar-refractivity contribution in [2.75, 3.05) is 20.3 Å². The Bertz CT molecular complexity index is 1400. The zero-order chi connectivity index (χ0) is 24.1. The van der Waals surface area contributed by atoms with Crippen LogP contribution in [0.15, 0.2) is 64.1 Å². The summed E-state index contributed by atoms with van der Waals surface area (Å²) < 4.78 is 21.3. The second kappa shape index (κ2) is 10.3. The van der Waals surface area contributed by atoms with Crippen molar-refractivity contribution in [3.63, 3.8) is 0 Å². The molecule has 0 saturated carbocycles. The first-order chi connectivity index (χ1) is 16.5. The highest BCUT2D eigenvalue weighted by molar-refractivity contribution is 6.32. The molecule has 9 heteroatoms. The number of methoxy groups -OCH3 is 1. The van der Waals surface area contributed by atoms with Crippen molar-refractivity contribution in [2.24, 2.45) is 5.10 Å². The van der Waals surface area contributed by atoms with Gasteiger partial charge in [-0.3, -0.25) is 4.79 Å². The lowest BCUT2D eigenvalue weighted by Crippen LogP contribution is -2.16. The van der Waals surface area contributed by atoms with E-state index in [9.17, 15) is 9.59 Å². The number of amides is 1. The average molecular weight is 481 g/mol. The topological polar surface area (TPSA) is 99.4 Å². The Labute approximate surface area is 200 Å². The predicted molar refractivity (Wildman–Crippen MR) is 129 cm³/mol. The average Bonchev–Trinajstić information content (AvgIpc) is 3.28. The maximum Gasteiger partial charge on any atom is 0.343 e. The van der Waals surface area contributed by atoms with Gasteiger partial charge in [0.1, 0.15) is 5.58 Å². The number of hydrazone groups is 1. The van der Waals surface area contributed by atoms with E-state index in [-0.39, 0.29) is 23.1 Å². The van der Waals surface area contributed by atoms with Gasteiger partial charge in [0, 0.05) is 5.39 Å². The molecule has 1 N–H and O–H groups in total. The summed E-state index contributed by atoms with van der Waals surface area (Å²) in [6.45, 7) is 1.84. The van der Waals surface area contributed by atoms with Crippen LogP contribution < -0.4 is 14.9 Å². The number of carbonyl (C=O) groups excluding carboxylic acids is 2. The lowest BCUT2D eigenvalue weighted by Gasteiger charge is -2.13. The van der Waals surface area contributed by atoms with E-state index in [2.05, 4.69) is 15.3 Å². The monoisotopic (exact) mass is 480 g/mol. The molecule has 0 atom stereocenters. The van der Waals surface area contributed by atoms with Gasteiger partial charge in [-0.25, -0.2) is 10.2 Å². The predicted octanol–water partition coefficient (Wildman–Crippen LogP) is 4.95. The van der Waals surface area contributed by atoms with E-state index in [0.29, 0.717) is 23.5 Å². The number of esters is 1. The fraction of sp³-hybridized carbons (Fsp3) is 0.160. The highest BCUT2D eigenvalue weighted by Crippen LogP contribution is 2.36. The van der Waals surface area contributed by atoms with E-state index in [1.165, 1.54) is 13.3 Å². The molecule has 0 radical (unpaired) electrons. The third-order valence-corrected chi connectivity index (χ3v) is 5.20. The Hall–Kier alpha value is -4.04. The number of ether oxygens (including phenoxy) is 3. The van der Waals surface area contributed by atoms with Crippen LogP contribution in [0.5, 0.6) is 11.5 Å². The number of carbonyl (C=O) groups is 2. The molecule has 34 heavy (non-hydrogen) atoms. The quantitative estimate of drug-likeness (QED) is 0.217. The van der Waals surface area contributed by atoms with Gasteiger partial charge in [-0.05, 0) is 47.5 Å². The smallest absolute Gasteiger partial charge is 0.343 e. The number of rotatable bonds is 8. The van der Waals surface area contributed by atoms with Crippen LogP contribution >= 0.6 is 11.6 Å². The van der Waals surface area contributed by atoms with Crippen LogP contribution in [0, 0.1) is 0 Å². The zero-order valence-electron chi connectivity index (χ0n) is 18.5. The highest BCUT2D eigenvalue weighted by atomic mass is 35.5. The maximum atomic E-state index is 12.6. The maximum absolute atomic E-state index is 12.6. The fourth-order valence-corrected chi connectivity index (χ4v) is 3.65. The molecule has 0 spiro atoms. The van der Waals surface area contributed by atoms with Crippen molar-refractivity contribution in [3.8, 4) is 11.5 Å². The van der Waals surface area contributed by atoms with Gasteiger partial charge in [0.2, 0.25) is 0 Å². The SMILES string of the molecule is CCOc1cc(/C=N\NC(=O)c2cc3c(ccc4ccccc43)o2)cc(Cl)c1OCC(=O)OC. The first-order valence-corrected chi connectivity index (χ1v) is 10.8. The third kappa shape index (κ3) is 4.97. The molecule has 0 unspecified atom stereocenters. The van der Waals surface area contributed by atoms with Crippen molar-refractivity contribution in [1.82, 2.24) is 5.43 Å². The van der Waals surface area contributed by atoms with E-state index >= 15 is 0 Å². The minimum Gasteiger partial charge on any atom is -0.490 e. The Morgan fingerprint density at radius 1 is 1.09 bits per heavy atom. The van der Waals surface area contributed by atoms with E-state index in [1.54, 1.807) is 25.1 Å². The number of hydrogen-bond acceptors (Lipinski definition) is 7. The molecule has 0 aliphatic carbocycles. The van der Waals surface area contributed by atoms with Gasteiger partial charge in [-0.15, -0.1) is 0 Å². The molecular weight excluding hydrogens is 460 g/mol. The molecule has 1 amide bonds. The molecule has 8 nitrogen and oxygen atoms in total. The molecule has 3 aromatic carbocycles. The zero-order valence-corrected chi connectivity index (χ0v) is 19.2. The third-order valence-electron chi connectivity index (χ3n) is 4.92. The molecule has 0 aliphatic heterocycles. The fourth-order valence-electron chi connectivity index (χ4n) is 3.38. The van der Waals surface area contributed by atoms with Crippen molar-refractivity contribution in [1.29, 1.82) is 0 Å². The van der Waals surface area contributed by atoms with Crippen LogP contribution in [0.4, 0.5) is 0 Å². The molecule has 0 saturated heterocycles. The normalized spacial score (nSPS) is 11.1. The molecule has 4 aromatic rings. The van der Waals surface area contributed by atoms with Crippen LogP contribution in [0.1, 0.15) is 23.0 Å². The van der Waals surface area contributed by atoms with Crippen LogP contribution in [0.2, 0.25) is 5.02 Å². The Morgan fingerprint density at radius 3 is 2.71 bits per heavy atom. The second-order valence-corrected chi connectivity index (χ2v) is 7.54. The van der Waals surface area contributed by atoms with E-state index in [0.717, 1.165) is 16.2 Å². The summed E-state index contributed by atoms with van der Waals surface area (Å²) in [5.41, 5.74) is 3.62. The van der Waals surface area contributed by atoms with Crippen molar-refractivity contribution < 1.29 is 28.2 Å². The van der Waals surface area contributed by atoms with Crippen LogP contribution in [0.3, 0.4) is 0 Å². The van der Waals surface area contributed by atoms with E-state index in [1.807, 2.05) is 36.4 Å². The van der Waals surface area contributed by atoms with Gasteiger partial charge in [0.15, 0.2) is 23.9 Å².